The van der Waals surface area contributed by atoms with Gasteiger partial charge in [0.05, 0.1) is 6.61 Å². The molecule has 0 aliphatic heterocycles. The molecule has 0 aliphatic rings. The second kappa shape index (κ2) is 68.6. The monoisotopic (exact) mass is 1090 g/mol. The van der Waals surface area contributed by atoms with Gasteiger partial charge in [-0.05, 0) is 64.2 Å². The number of hydrogen-bond acceptors (Lipinski definition) is 5. The fraction of sp³-hybridized carbons (Fsp3) is 0.808. The molecule has 0 fully saturated rings. The Morgan fingerprint density at radius 3 is 0.833 bits per heavy atom. The van der Waals surface area contributed by atoms with E-state index in [9.17, 15) is 14.7 Å². The van der Waals surface area contributed by atoms with Crippen molar-refractivity contribution in [1.29, 1.82) is 0 Å². The van der Waals surface area contributed by atoms with Crippen molar-refractivity contribution in [2.45, 2.75) is 367 Å². The Labute approximate surface area is 486 Å². The van der Waals surface area contributed by atoms with Gasteiger partial charge in [-0.25, -0.2) is 0 Å². The number of carbonyl (C=O) groups is 2. The van der Waals surface area contributed by atoms with Gasteiger partial charge in [-0.2, -0.15) is 0 Å². The van der Waals surface area contributed by atoms with Crippen LogP contribution in [0.5, 0.6) is 0 Å². The first-order chi connectivity index (χ1) is 38.6. The van der Waals surface area contributed by atoms with Crippen LogP contribution in [0.1, 0.15) is 361 Å². The van der Waals surface area contributed by atoms with E-state index in [1.165, 1.54) is 257 Å². The molecular formula is C73H132O5. The Hall–Kier alpha value is -2.66. The molecule has 1 N–H and O–H groups in total. The number of carbonyl (C=O) groups excluding carboxylic acids is 2. The topological polar surface area (TPSA) is 72.8 Å². The highest BCUT2D eigenvalue weighted by Crippen LogP contribution is 2.19. The van der Waals surface area contributed by atoms with Gasteiger partial charge in [-0.15, -0.1) is 0 Å². The molecule has 0 aromatic rings. The van der Waals surface area contributed by atoms with Crippen molar-refractivity contribution in [2.75, 3.05) is 13.2 Å². The summed E-state index contributed by atoms with van der Waals surface area (Å²) in [6, 6.07) is 0. The Balaban J connectivity index is 3.43. The van der Waals surface area contributed by atoms with E-state index < -0.39 is 6.10 Å². The van der Waals surface area contributed by atoms with Gasteiger partial charge < -0.3 is 14.6 Å². The van der Waals surface area contributed by atoms with E-state index in [0.29, 0.717) is 12.8 Å². The minimum Gasteiger partial charge on any atom is -0.462 e. The summed E-state index contributed by atoms with van der Waals surface area (Å²) in [6.45, 7) is 4.08. The summed E-state index contributed by atoms with van der Waals surface area (Å²) in [4.78, 5) is 24.6. The van der Waals surface area contributed by atoms with Crippen molar-refractivity contribution in [3.63, 3.8) is 0 Å². The van der Waals surface area contributed by atoms with Gasteiger partial charge in [0, 0.05) is 12.8 Å². The van der Waals surface area contributed by atoms with Gasteiger partial charge in [0.15, 0.2) is 6.10 Å². The van der Waals surface area contributed by atoms with E-state index in [1.54, 1.807) is 0 Å². The number of rotatable bonds is 64. The molecule has 0 rings (SSSR count). The lowest BCUT2D eigenvalue weighted by molar-refractivity contribution is -0.161. The molecule has 0 saturated carbocycles. The lowest BCUT2D eigenvalue weighted by atomic mass is 10.0. The standard InChI is InChI=1S/C73H132O5/c1-3-5-7-9-11-13-15-17-19-21-23-25-27-29-31-33-35-36-38-40-42-44-46-48-50-52-54-56-58-60-62-64-66-68-73(76)78-71(69-74)70-77-72(75)67-65-63-61-59-57-55-53-51-49-47-45-43-41-39-37-34-32-30-28-26-24-22-20-18-16-14-12-10-8-6-4-2/h5,7,11,13,17,19,23,25,29,31,35-36,71,74H,3-4,6,8-10,12,14-16,18,20-22,24,26-28,30,32-34,37-70H2,1-2H3/b7-5-,13-11-,19-17-,25-23-,31-29-,36-35-. The molecule has 1 atom stereocenters. The molecule has 78 heavy (non-hydrogen) atoms. The summed E-state index contributed by atoms with van der Waals surface area (Å²) in [5, 5.41) is 9.70. The molecular weight excluding hydrogens is 957 g/mol. The number of aliphatic hydroxyl groups is 1. The van der Waals surface area contributed by atoms with Gasteiger partial charge in [-0.3, -0.25) is 9.59 Å². The molecule has 0 radical (unpaired) electrons. The van der Waals surface area contributed by atoms with Crippen molar-refractivity contribution in [3.05, 3.63) is 72.9 Å². The lowest BCUT2D eigenvalue weighted by Crippen LogP contribution is -2.28. The SMILES string of the molecule is CC/C=C\C/C=C\C/C=C\C/C=C\C/C=C\C/C=C\CCCCCCCCCCCCCCCCC(=O)OC(CO)COC(=O)CCCCCCCCCCCCCCCCCCCCCCCCCCCCCCCCC. The number of unbranched alkanes of at least 4 members (excludes halogenated alkanes) is 44. The van der Waals surface area contributed by atoms with Crippen LogP contribution in [0.3, 0.4) is 0 Å². The zero-order chi connectivity index (χ0) is 56.2. The van der Waals surface area contributed by atoms with Crippen molar-refractivity contribution in [2.24, 2.45) is 0 Å². The van der Waals surface area contributed by atoms with Crippen LogP contribution in [0.4, 0.5) is 0 Å². The van der Waals surface area contributed by atoms with Crippen molar-refractivity contribution in [3.8, 4) is 0 Å². The number of ether oxygens (including phenoxy) is 2. The molecule has 0 heterocycles. The Kier molecular flexibility index (Phi) is 66.3. The van der Waals surface area contributed by atoms with Crippen LogP contribution in [-0.2, 0) is 19.1 Å². The maximum Gasteiger partial charge on any atom is 0.306 e. The third-order valence-corrected chi connectivity index (χ3v) is 15.5. The second-order valence-corrected chi connectivity index (χ2v) is 23.2. The highest BCUT2D eigenvalue weighted by molar-refractivity contribution is 5.70. The van der Waals surface area contributed by atoms with Crippen LogP contribution in [0.25, 0.3) is 0 Å². The molecule has 0 aromatic carbocycles. The van der Waals surface area contributed by atoms with Crippen LogP contribution < -0.4 is 0 Å². The first kappa shape index (κ1) is 75.3. The predicted octanol–water partition coefficient (Wildman–Crippen LogP) is 23.9. The first-order valence-electron chi connectivity index (χ1n) is 34.5. The Morgan fingerprint density at radius 1 is 0.308 bits per heavy atom. The molecule has 5 nitrogen and oxygen atoms in total. The third kappa shape index (κ3) is 65.9. The van der Waals surface area contributed by atoms with Crippen LogP contribution in [0.2, 0.25) is 0 Å². The summed E-state index contributed by atoms with van der Waals surface area (Å²) in [5.41, 5.74) is 0. The fourth-order valence-corrected chi connectivity index (χ4v) is 10.4. The van der Waals surface area contributed by atoms with Crippen molar-refractivity contribution in [1.82, 2.24) is 0 Å². The Morgan fingerprint density at radius 2 is 0.551 bits per heavy atom. The van der Waals surface area contributed by atoms with Crippen LogP contribution in [0.15, 0.2) is 72.9 Å². The number of allylic oxidation sites excluding steroid dienone is 12. The predicted molar refractivity (Wildman–Crippen MR) is 343 cm³/mol. The Bertz CT molecular complexity index is 1370. The van der Waals surface area contributed by atoms with E-state index in [0.717, 1.165) is 77.0 Å². The largest absolute Gasteiger partial charge is 0.462 e. The summed E-state index contributed by atoms with van der Waals surface area (Å²) >= 11 is 0. The van der Waals surface area contributed by atoms with E-state index >= 15 is 0 Å². The maximum atomic E-state index is 12.4. The lowest BCUT2D eigenvalue weighted by Gasteiger charge is -2.15. The van der Waals surface area contributed by atoms with Gasteiger partial charge in [0.25, 0.3) is 0 Å². The first-order valence-corrected chi connectivity index (χ1v) is 34.5. The number of aliphatic hydroxyl groups excluding tert-OH is 1. The third-order valence-electron chi connectivity index (χ3n) is 15.5. The van der Waals surface area contributed by atoms with Gasteiger partial charge in [0.1, 0.15) is 6.61 Å². The number of hydrogen-bond donors (Lipinski definition) is 1. The summed E-state index contributed by atoms with van der Waals surface area (Å²) in [7, 11) is 0. The second-order valence-electron chi connectivity index (χ2n) is 23.2. The average Bonchev–Trinajstić information content (AvgIpc) is 3.44. The molecule has 0 aliphatic carbocycles. The van der Waals surface area contributed by atoms with Crippen molar-refractivity contribution >= 4 is 11.9 Å². The molecule has 454 valence electrons. The van der Waals surface area contributed by atoms with Crippen LogP contribution >= 0.6 is 0 Å². The molecule has 0 spiro atoms. The molecule has 5 heteroatoms. The molecule has 0 saturated heterocycles. The average molecular weight is 1090 g/mol. The smallest absolute Gasteiger partial charge is 0.306 e. The number of esters is 2. The van der Waals surface area contributed by atoms with Gasteiger partial charge >= 0.3 is 11.9 Å². The minimum atomic E-state index is -0.774. The van der Waals surface area contributed by atoms with Gasteiger partial charge in [0.2, 0.25) is 0 Å². The molecule has 0 aromatic heterocycles. The maximum absolute atomic E-state index is 12.4. The summed E-state index contributed by atoms with van der Waals surface area (Å²) in [5.74, 6) is -0.574. The van der Waals surface area contributed by atoms with E-state index in [-0.39, 0.29) is 25.2 Å². The zero-order valence-electron chi connectivity index (χ0n) is 52.2. The molecule has 0 bridgehead atoms. The van der Waals surface area contributed by atoms with Gasteiger partial charge in [-0.1, -0.05) is 356 Å². The minimum absolute atomic E-state index is 0.0631. The van der Waals surface area contributed by atoms with E-state index in [1.807, 2.05) is 0 Å². The molecule has 0 amide bonds. The van der Waals surface area contributed by atoms with Crippen molar-refractivity contribution < 1.29 is 24.2 Å². The normalized spacial score (nSPS) is 12.6. The van der Waals surface area contributed by atoms with E-state index in [4.69, 9.17) is 9.47 Å². The molecule has 1 unspecified atom stereocenters. The highest BCUT2D eigenvalue weighted by atomic mass is 16.6. The fourth-order valence-electron chi connectivity index (χ4n) is 10.4. The summed E-state index contributed by atoms with van der Waals surface area (Å²) < 4.78 is 10.8. The van der Waals surface area contributed by atoms with Crippen LogP contribution in [0, 0.1) is 0 Å². The van der Waals surface area contributed by atoms with Crippen LogP contribution in [-0.4, -0.2) is 36.4 Å². The highest BCUT2D eigenvalue weighted by Gasteiger charge is 2.16. The zero-order valence-corrected chi connectivity index (χ0v) is 52.2. The quantitative estimate of drug-likeness (QED) is 0.0373. The van der Waals surface area contributed by atoms with E-state index in [2.05, 4.69) is 86.8 Å². The summed E-state index contributed by atoms with van der Waals surface area (Å²) in [6.07, 6.45) is 95.1.